The Hall–Kier alpha value is -0.830. The molecule has 0 aliphatic carbocycles. The summed E-state index contributed by atoms with van der Waals surface area (Å²) in [6, 6.07) is 0. The van der Waals surface area contributed by atoms with Gasteiger partial charge in [0.15, 0.2) is 6.10 Å². The van der Waals surface area contributed by atoms with Crippen LogP contribution in [0.1, 0.15) is 20.3 Å². The second kappa shape index (κ2) is 2.90. The Morgan fingerprint density at radius 3 is 2.83 bits per heavy atom. The van der Waals surface area contributed by atoms with Crippen LogP contribution in [-0.2, 0) is 9.53 Å². The van der Waals surface area contributed by atoms with Crippen molar-refractivity contribution in [1.82, 2.24) is 0 Å². The van der Waals surface area contributed by atoms with Gasteiger partial charge in [0.05, 0.1) is 0 Å². The molecule has 1 fully saturated rings. The van der Waals surface area contributed by atoms with Gasteiger partial charge in [-0.1, -0.05) is 6.08 Å². The molecule has 1 heterocycles. The number of rotatable bonds is 1. The van der Waals surface area contributed by atoms with Crippen LogP contribution in [0.25, 0.3) is 0 Å². The van der Waals surface area contributed by atoms with Crippen LogP contribution in [-0.4, -0.2) is 22.8 Å². The number of carbonyl (C=O) groups is 1. The molecule has 1 aliphatic rings. The van der Waals surface area contributed by atoms with Crippen LogP contribution < -0.4 is 0 Å². The summed E-state index contributed by atoms with van der Waals surface area (Å²) in [5.74, 6) is -0.725. The molecule has 3 nitrogen and oxygen atoms in total. The van der Waals surface area contributed by atoms with Crippen LogP contribution >= 0.6 is 0 Å². The fourth-order valence-electron chi connectivity index (χ4n) is 1.44. The number of ether oxygens (including phenoxy) is 1. The van der Waals surface area contributed by atoms with Gasteiger partial charge in [0.1, 0.15) is 5.60 Å². The number of cyclic esters (lactones) is 1. The van der Waals surface area contributed by atoms with Crippen molar-refractivity contribution in [2.75, 3.05) is 0 Å². The van der Waals surface area contributed by atoms with Crippen molar-refractivity contribution in [2.24, 2.45) is 5.92 Å². The first-order valence-corrected chi connectivity index (χ1v) is 4.00. The van der Waals surface area contributed by atoms with Crippen LogP contribution in [0.3, 0.4) is 0 Å². The molecule has 12 heavy (non-hydrogen) atoms. The highest BCUT2D eigenvalue weighted by molar-refractivity contribution is 5.76. The predicted octanol–water partition coefficient (Wildman–Crippen LogP) is 0.875. The lowest BCUT2D eigenvalue weighted by atomic mass is 9.86. The molecule has 0 aromatic heterocycles. The molecule has 1 aliphatic heterocycles. The first kappa shape index (κ1) is 9.26. The summed E-state index contributed by atoms with van der Waals surface area (Å²) < 4.78 is 4.98. The number of carbonyl (C=O) groups excluding carboxylic acids is 1. The summed E-state index contributed by atoms with van der Waals surface area (Å²) in [5.41, 5.74) is -0.477. The van der Waals surface area contributed by atoms with Crippen molar-refractivity contribution in [3.8, 4) is 0 Å². The molecular weight excluding hydrogens is 156 g/mol. The molecule has 0 aromatic carbocycles. The first-order valence-electron chi connectivity index (χ1n) is 4.00. The molecule has 0 spiro atoms. The normalized spacial score (nSPS) is 34.1. The van der Waals surface area contributed by atoms with Gasteiger partial charge in [-0.3, -0.25) is 0 Å². The minimum absolute atomic E-state index is 0.179. The molecule has 68 valence electrons. The number of hydrogen-bond acceptors (Lipinski definition) is 3. The van der Waals surface area contributed by atoms with Crippen LogP contribution in [0.5, 0.6) is 0 Å². The lowest BCUT2D eigenvalue weighted by Crippen LogP contribution is -2.45. The Bertz CT molecular complexity index is 208. The summed E-state index contributed by atoms with van der Waals surface area (Å²) in [5, 5.41) is 9.32. The highest BCUT2D eigenvalue weighted by Crippen LogP contribution is 2.29. The standard InChI is InChI=1S/C9H14O3/c1-4-6-5-9(2,3)12-8(11)7(6)10/h4,6-7,10H,1,5H2,2-3H3/t6?,7-/m1/s1. The van der Waals surface area contributed by atoms with Gasteiger partial charge in [-0.15, -0.1) is 6.58 Å². The van der Waals surface area contributed by atoms with Crippen molar-refractivity contribution in [2.45, 2.75) is 32.0 Å². The minimum Gasteiger partial charge on any atom is -0.458 e. The summed E-state index contributed by atoms with van der Waals surface area (Å²) in [6.45, 7) is 7.22. The van der Waals surface area contributed by atoms with Gasteiger partial charge in [-0.2, -0.15) is 0 Å². The first-order chi connectivity index (χ1) is 5.46. The van der Waals surface area contributed by atoms with Crippen LogP contribution in [0, 0.1) is 5.92 Å². The van der Waals surface area contributed by atoms with Gasteiger partial charge >= 0.3 is 5.97 Å². The molecule has 1 unspecified atom stereocenters. The molecule has 1 rings (SSSR count). The number of aliphatic hydroxyl groups is 1. The van der Waals surface area contributed by atoms with Crippen molar-refractivity contribution in [1.29, 1.82) is 0 Å². The summed E-state index contributed by atoms with van der Waals surface area (Å²) in [4.78, 5) is 11.1. The largest absolute Gasteiger partial charge is 0.458 e. The van der Waals surface area contributed by atoms with Gasteiger partial charge < -0.3 is 9.84 Å². The second-order valence-corrected chi connectivity index (χ2v) is 3.73. The quantitative estimate of drug-likeness (QED) is 0.469. The maximum absolute atomic E-state index is 11.1. The van der Waals surface area contributed by atoms with Crippen molar-refractivity contribution in [3.63, 3.8) is 0 Å². The van der Waals surface area contributed by atoms with E-state index in [4.69, 9.17) is 4.74 Å². The van der Waals surface area contributed by atoms with E-state index in [0.29, 0.717) is 6.42 Å². The Balaban J connectivity index is 2.78. The van der Waals surface area contributed by atoms with Crippen molar-refractivity contribution in [3.05, 3.63) is 12.7 Å². The average molecular weight is 170 g/mol. The maximum Gasteiger partial charge on any atom is 0.336 e. The third kappa shape index (κ3) is 1.67. The van der Waals surface area contributed by atoms with E-state index in [2.05, 4.69) is 6.58 Å². The monoisotopic (exact) mass is 170 g/mol. The minimum atomic E-state index is -1.03. The molecule has 0 radical (unpaired) electrons. The second-order valence-electron chi connectivity index (χ2n) is 3.73. The van der Waals surface area contributed by atoms with E-state index in [-0.39, 0.29) is 5.92 Å². The van der Waals surface area contributed by atoms with Crippen molar-refractivity contribution >= 4 is 5.97 Å². The molecule has 0 bridgehead atoms. The smallest absolute Gasteiger partial charge is 0.336 e. The van der Waals surface area contributed by atoms with E-state index in [1.54, 1.807) is 6.08 Å². The van der Waals surface area contributed by atoms with Crippen LogP contribution in [0.2, 0.25) is 0 Å². The zero-order chi connectivity index (χ0) is 9.35. The maximum atomic E-state index is 11.1. The fourth-order valence-corrected chi connectivity index (χ4v) is 1.44. The van der Waals surface area contributed by atoms with Crippen LogP contribution in [0.15, 0.2) is 12.7 Å². The third-order valence-electron chi connectivity index (χ3n) is 2.05. The Morgan fingerprint density at radius 1 is 1.75 bits per heavy atom. The van der Waals surface area contributed by atoms with Gasteiger partial charge in [-0.25, -0.2) is 4.79 Å². The highest BCUT2D eigenvalue weighted by Gasteiger charge is 2.39. The molecule has 1 N–H and O–H groups in total. The average Bonchev–Trinajstić information content (AvgIpc) is 1.96. The lowest BCUT2D eigenvalue weighted by molar-refractivity contribution is -0.181. The number of aliphatic hydroxyl groups excluding tert-OH is 1. The Labute approximate surface area is 72.0 Å². The van der Waals surface area contributed by atoms with Gasteiger partial charge in [0.25, 0.3) is 0 Å². The molecular formula is C9H14O3. The Morgan fingerprint density at radius 2 is 2.33 bits per heavy atom. The highest BCUT2D eigenvalue weighted by atomic mass is 16.6. The zero-order valence-electron chi connectivity index (χ0n) is 7.41. The van der Waals surface area contributed by atoms with E-state index < -0.39 is 17.7 Å². The van der Waals surface area contributed by atoms with Crippen molar-refractivity contribution < 1.29 is 14.6 Å². The molecule has 0 aromatic rings. The van der Waals surface area contributed by atoms with E-state index in [0.717, 1.165) is 0 Å². The third-order valence-corrected chi connectivity index (χ3v) is 2.05. The zero-order valence-corrected chi connectivity index (χ0v) is 7.41. The van der Waals surface area contributed by atoms with E-state index in [1.807, 2.05) is 13.8 Å². The van der Waals surface area contributed by atoms with E-state index in [9.17, 15) is 9.90 Å². The fraction of sp³-hybridized carbons (Fsp3) is 0.667. The summed E-state index contributed by atoms with van der Waals surface area (Å²) >= 11 is 0. The predicted molar refractivity (Wildman–Crippen MR) is 44.5 cm³/mol. The van der Waals surface area contributed by atoms with E-state index in [1.165, 1.54) is 0 Å². The topological polar surface area (TPSA) is 46.5 Å². The number of hydrogen-bond donors (Lipinski definition) is 1. The van der Waals surface area contributed by atoms with Crippen LogP contribution in [0.4, 0.5) is 0 Å². The number of esters is 1. The lowest BCUT2D eigenvalue weighted by Gasteiger charge is -2.36. The van der Waals surface area contributed by atoms with Gasteiger partial charge in [0, 0.05) is 5.92 Å². The summed E-state index contributed by atoms with van der Waals surface area (Å²) in [6.07, 6.45) is 1.20. The molecule has 1 saturated heterocycles. The Kier molecular flexibility index (Phi) is 2.24. The summed E-state index contributed by atoms with van der Waals surface area (Å²) in [7, 11) is 0. The van der Waals surface area contributed by atoms with Gasteiger partial charge in [0.2, 0.25) is 0 Å². The molecule has 0 saturated carbocycles. The molecule has 3 heteroatoms. The van der Waals surface area contributed by atoms with Gasteiger partial charge in [-0.05, 0) is 20.3 Å². The molecule has 2 atom stereocenters. The SMILES string of the molecule is C=CC1CC(C)(C)OC(=O)[C@@H]1O. The van der Waals surface area contributed by atoms with E-state index >= 15 is 0 Å². The molecule has 0 amide bonds.